The number of nitrogens with two attached hydrogens (primary N) is 1. The highest BCUT2D eigenvalue weighted by Crippen LogP contribution is 2.55. The molecule has 1 amide bonds. The van der Waals surface area contributed by atoms with Gasteiger partial charge in [-0.2, -0.15) is 52.7 Å². The van der Waals surface area contributed by atoms with Crippen LogP contribution in [0.15, 0.2) is 47.2 Å². The van der Waals surface area contributed by atoms with Gasteiger partial charge >= 0.3 is 46.0 Å². The predicted octanol–water partition coefficient (Wildman–Crippen LogP) is 12.0. The first-order chi connectivity index (χ1) is 26.5. The third-order valence-corrected chi connectivity index (χ3v) is 9.72. The number of alkyl halides is 14. The van der Waals surface area contributed by atoms with E-state index in [0.29, 0.717) is 35.6 Å². The molecular formula is C32H23ClF14N4O6S2. The topological polar surface area (TPSA) is 158 Å². The van der Waals surface area contributed by atoms with Gasteiger partial charge in [0.25, 0.3) is 11.1 Å². The average Bonchev–Trinajstić information content (AvgIpc) is 3.78. The van der Waals surface area contributed by atoms with Gasteiger partial charge < -0.3 is 11.1 Å². The van der Waals surface area contributed by atoms with Crippen molar-refractivity contribution in [1.82, 2.24) is 0 Å². The van der Waals surface area contributed by atoms with Crippen molar-refractivity contribution in [1.29, 1.82) is 0 Å². The molecule has 0 aliphatic carbocycles. The Balaban J connectivity index is 0.000000341. The van der Waals surface area contributed by atoms with Crippen LogP contribution in [0.1, 0.15) is 54.1 Å². The van der Waals surface area contributed by atoms with Gasteiger partial charge in [-0.25, -0.2) is 8.78 Å². The van der Waals surface area contributed by atoms with E-state index in [1.54, 1.807) is 0 Å². The summed E-state index contributed by atoms with van der Waals surface area (Å²) in [6, 6.07) is 3.73. The van der Waals surface area contributed by atoms with Gasteiger partial charge in [-0.15, -0.1) is 0 Å². The lowest BCUT2D eigenvalue weighted by Crippen LogP contribution is -2.50. The summed E-state index contributed by atoms with van der Waals surface area (Å²) in [5.74, 6) is -0.869. The van der Waals surface area contributed by atoms with Crippen molar-refractivity contribution < 1.29 is 80.9 Å². The third-order valence-electron chi connectivity index (χ3n) is 7.74. The molecule has 10 nitrogen and oxygen atoms in total. The minimum atomic E-state index is -6.26. The van der Waals surface area contributed by atoms with E-state index >= 15 is 0 Å². The quantitative estimate of drug-likeness (QED) is 0.0614. The number of thiophene rings is 2. The van der Waals surface area contributed by atoms with Crippen LogP contribution in [-0.2, 0) is 11.3 Å². The van der Waals surface area contributed by atoms with Gasteiger partial charge in [-0.3, -0.25) is 29.8 Å². The largest absolute Gasteiger partial charge is 0.435 e. The van der Waals surface area contributed by atoms with Crippen LogP contribution in [0.25, 0.3) is 0 Å². The Labute approximate surface area is 333 Å². The lowest BCUT2D eigenvalue weighted by atomic mass is 9.90. The number of benzene rings is 2. The number of nitro groups is 2. The zero-order valence-corrected chi connectivity index (χ0v) is 31.9. The maximum absolute atomic E-state index is 14.2. The highest BCUT2D eigenvalue weighted by atomic mass is 35.5. The van der Waals surface area contributed by atoms with Crippen LogP contribution in [0.2, 0.25) is 0 Å². The van der Waals surface area contributed by atoms with Gasteiger partial charge in [0.1, 0.15) is 0 Å². The van der Waals surface area contributed by atoms with E-state index in [1.165, 1.54) is 19.2 Å². The molecule has 0 spiro atoms. The molecule has 27 heteroatoms. The van der Waals surface area contributed by atoms with Gasteiger partial charge in [-0.05, 0) is 61.5 Å². The van der Waals surface area contributed by atoms with Crippen molar-refractivity contribution in [3.05, 3.63) is 112 Å². The van der Waals surface area contributed by atoms with Crippen LogP contribution in [-0.4, -0.2) is 45.7 Å². The molecule has 3 N–H and O–H groups in total. The lowest BCUT2D eigenvalue weighted by Gasteiger charge is -2.31. The van der Waals surface area contributed by atoms with Crippen molar-refractivity contribution in [2.24, 2.45) is 0 Å². The van der Waals surface area contributed by atoms with E-state index in [0.717, 1.165) is 42.7 Å². The minimum Gasteiger partial charge on any atom is -0.398 e. The van der Waals surface area contributed by atoms with Gasteiger partial charge in [-0.1, -0.05) is 46.9 Å². The lowest BCUT2D eigenvalue weighted by molar-refractivity contribution is -0.380. The number of nitrogens with one attached hydrogen (secondary N) is 1. The number of aryl methyl sites for hydroxylation is 4. The smallest absolute Gasteiger partial charge is 0.398 e. The number of carbonyl (C=O) groups is 2. The molecule has 0 radical (unpaired) electrons. The molecule has 2 aromatic carbocycles. The number of halogens is 15. The number of amides is 1. The van der Waals surface area contributed by atoms with Crippen molar-refractivity contribution in [2.75, 3.05) is 11.1 Å². The van der Waals surface area contributed by atoms with Crippen LogP contribution in [0, 0.1) is 47.9 Å². The van der Waals surface area contributed by atoms with E-state index in [1.807, 2.05) is 0 Å². The molecule has 0 bridgehead atoms. The van der Waals surface area contributed by atoms with Crippen LogP contribution in [0.3, 0.4) is 0 Å². The minimum absolute atomic E-state index is 0.0236. The zero-order valence-electron chi connectivity index (χ0n) is 29.5. The Morgan fingerprint density at radius 1 is 0.593 bits per heavy atom. The monoisotopic (exact) mass is 924 g/mol. The molecule has 2 aromatic heterocycles. The fraction of sp³-hybridized carbons (Fsp3) is 0.312. The first-order valence-electron chi connectivity index (χ1n) is 15.1. The van der Waals surface area contributed by atoms with Crippen molar-refractivity contribution >= 4 is 66.8 Å². The van der Waals surface area contributed by atoms with Gasteiger partial charge in [0.05, 0.1) is 21.0 Å². The SMILES string of the molecule is Cc1cc(C(F)(C(F)(F)F)C(F)(F)F)cc(C)c1N.Cc1cc(C(F)(C(F)(F)F)C(F)(F)F)cc(C)c1NC(=O)c1csc([N+](=O)[O-])c1.O=C(Cl)c1csc([N+](=O)[O-])c1. The first-order valence-corrected chi connectivity index (χ1v) is 17.3. The number of hydrogen-bond donors (Lipinski definition) is 2. The zero-order chi connectivity index (χ0) is 46.0. The standard InChI is InChI=1S/C16H11F7N2O3S.C11H10F7N.C5H2ClNO3S/c1-7-3-10(14(17,15(18,19)20)16(21,22)23)4-8(2)12(7)24-13(26)9-5-11(25(27)28)29-6-9;1-5-3-7(4-6(2)8(5)19)9(12,10(13,14)15)11(16,17)18;6-5(8)3-1-4(7(9)10)11-2-3/h3-6H,1-2H3,(H,24,26);3-4H,19H2,1-2H3;1-2H. The van der Waals surface area contributed by atoms with Crippen LogP contribution >= 0.6 is 34.3 Å². The Kier molecular flexibility index (Phi) is 14.9. The molecule has 4 aromatic rings. The summed E-state index contributed by atoms with van der Waals surface area (Å²) in [6.45, 7) is 4.60. The number of anilines is 2. The molecule has 4 rings (SSSR count). The summed E-state index contributed by atoms with van der Waals surface area (Å²) in [4.78, 5) is 42.1. The molecule has 59 heavy (non-hydrogen) atoms. The summed E-state index contributed by atoms with van der Waals surface area (Å²) >= 11 is 6.60. The van der Waals surface area contributed by atoms with E-state index in [9.17, 15) is 91.3 Å². The predicted molar refractivity (Wildman–Crippen MR) is 186 cm³/mol. The summed E-state index contributed by atoms with van der Waals surface area (Å²) in [5.41, 5.74) is -9.45. The first kappa shape index (κ1) is 50.0. The van der Waals surface area contributed by atoms with Crippen molar-refractivity contribution in [3.63, 3.8) is 0 Å². The van der Waals surface area contributed by atoms with Crippen LogP contribution < -0.4 is 11.1 Å². The molecule has 0 unspecified atom stereocenters. The van der Waals surface area contributed by atoms with E-state index in [4.69, 9.17) is 17.3 Å². The number of nitrogen functional groups attached to an aromatic ring is 1. The molecule has 0 saturated heterocycles. The van der Waals surface area contributed by atoms with E-state index in [2.05, 4.69) is 5.32 Å². The van der Waals surface area contributed by atoms with Crippen molar-refractivity contribution in [2.45, 2.75) is 63.7 Å². The van der Waals surface area contributed by atoms with Crippen molar-refractivity contribution in [3.8, 4) is 0 Å². The third kappa shape index (κ3) is 10.7. The number of hydrogen-bond acceptors (Lipinski definition) is 9. The maximum atomic E-state index is 14.2. The van der Waals surface area contributed by atoms with Gasteiger partial charge in [0, 0.05) is 45.4 Å². The number of carbonyl (C=O) groups excluding carboxylic acids is 2. The fourth-order valence-electron chi connectivity index (χ4n) is 4.76. The van der Waals surface area contributed by atoms with Gasteiger partial charge in [0.15, 0.2) is 0 Å². The molecule has 2 heterocycles. The Morgan fingerprint density at radius 2 is 0.898 bits per heavy atom. The highest BCUT2D eigenvalue weighted by Gasteiger charge is 2.74. The molecular weight excluding hydrogens is 902 g/mol. The Bertz CT molecular complexity index is 2130. The Hall–Kier alpha value is -5.11. The normalized spacial score (nSPS) is 12.5. The molecule has 0 atom stereocenters. The number of rotatable bonds is 7. The Morgan fingerprint density at radius 3 is 1.17 bits per heavy atom. The second-order valence-electron chi connectivity index (χ2n) is 11.9. The fourth-order valence-corrected chi connectivity index (χ4v) is 6.34. The van der Waals surface area contributed by atoms with E-state index < -0.39 is 68.2 Å². The summed E-state index contributed by atoms with van der Waals surface area (Å²) < 4.78 is 181. The molecule has 0 aliphatic heterocycles. The molecule has 0 fully saturated rings. The second kappa shape index (κ2) is 17.6. The average molecular weight is 925 g/mol. The van der Waals surface area contributed by atoms with Crippen LogP contribution in [0.5, 0.6) is 0 Å². The summed E-state index contributed by atoms with van der Waals surface area (Å²) in [5, 5.41) is 24.5. The number of nitrogens with zero attached hydrogens (tertiary/aromatic N) is 2. The second-order valence-corrected chi connectivity index (χ2v) is 14.0. The molecule has 324 valence electrons. The van der Waals surface area contributed by atoms with E-state index in [-0.39, 0.29) is 54.8 Å². The molecule has 0 saturated carbocycles. The maximum Gasteiger partial charge on any atom is 0.435 e. The van der Waals surface area contributed by atoms with Crippen LogP contribution in [0.4, 0.5) is 82.8 Å². The summed E-state index contributed by atoms with van der Waals surface area (Å²) in [6.07, 6.45) is -24.7. The molecule has 0 aliphatic rings. The summed E-state index contributed by atoms with van der Waals surface area (Å²) in [7, 11) is 0. The highest BCUT2D eigenvalue weighted by molar-refractivity contribution is 7.14. The van der Waals surface area contributed by atoms with Gasteiger partial charge in [0.2, 0.25) is 0 Å².